The minimum Gasteiger partial charge on any atom is -0.496 e. The zero-order valence-corrected chi connectivity index (χ0v) is 26.0. The molecule has 8 aromatic rings. The lowest BCUT2D eigenvalue weighted by Gasteiger charge is -2.24. The fourth-order valence-electron chi connectivity index (χ4n) is 6.80. The topological polar surface area (TPSA) is 44.8 Å². The lowest BCUT2D eigenvalue weighted by Crippen LogP contribution is -2.11. The second-order valence-electron chi connectivity index (χ2n) is 11.5. The molecule has 0 fully saturated rings. The Hall–Kier alpha value is -6.13. The van der Waals surface area contributed by atoms with E-state index in [4.69, 9.17) is 14.2 Å². The van der Waals surface area contributed by atoms with Crippen molar-refractivity contribution >= 4 is 49.1 Å². The molecule has 0 saturated carbocycles. The maximum absolute atomic E-state index is 14.1. The third-order valence-electron chi connectivity index (χ3n) is 8.90. The van der Waals surface area contributed by atoms with Gasteiger partial charge in [0.1, 0.15) is 11.5 Å². The van der Waals surface area contributed by atoms with Gasteiger partial charge in [-0.1, -0.05) is 115 Å². The fourth-order valence-corrected chi connectivity index (χ4v) is 6.80. The van der Waals surface area contributed by atoms with Crippen LogP contribution in [0.25, 0.3) is 65.3 Å². The molecule has 0 N–H and O–H groups in total. The first-order valence-electron chi connectivity index (χ1n) is 15.5. The van der Waals surface area contributed by atoms with Crippen LogP contribution in [0.15, 0.2) is 146 Å². The highest BCUT2D eigenvalue weighted by Gasteiger charge is 2.30. The van der Waals surface area contributed by atoms with Gasteiger partial charge in [0.15, 0.2) is 5.75 Å². The molecule has 0 saturated heterocycles. The van der Waals surface area contributed by atoms with Gasteiger partial charge in [-0.3, -0.25) is 0 Å². The van der Waals surface area contributed by atoms with Gasteiger partial charge in [-0.05, 0) is 67.4 Å². The lowest BCUT2D eigenvalue weighted by molar-refractivity contribution is 0.0736. The van der Waals surface area contributed by atoms with Crippen LogP contribution in [0, 0.1) is 0 Å². The molecule has 0 bridgehead atoms. The molecular formula is C43H30O4. The maximum atomic E-state index is 14.1. The van der Waals surface area contributed by atoms with E-state index < -0.39 is 5.97 Å². The molecule has 8 aromatic carbocycles. The lowest BCUT2D eigenvalue weighted by atomic mass is 9.86. The van der Waals surface area contributed by atoms with Crippen molar-refractivity contribution < 1.29 is 19.0 Å². The third kappa shape index (κ3) is 4.74. The predicted molar refractivity (Wildman–Crippen MR) is 192 cm³/mol. The van der Waals surface area contributed by atoms with Crippen LogP contribution in [-0.4, -0.2) is 20.2 Å². The Balaban J connectivity index is 1.59. The number of ether oxygens (including phenoxy) is 3. The number of carbonyl (C=O) groups is 1. The number of rotatable bonds is 6. The van der Waals surface area contributed by atoms with E-state index in [-0.39, 0.29) is 0 Å². The van der Waals surface area contributed by atoms with Crippen LogP contribution in [-0.2, 0) is 0 Å². The molecule has 0 atom stereocenters. The van der Waals surface area contributed by atoms with E-state index in [1.165, 1.54) is 0 Å². The first-order chi connectivity index (χ1) is 23.2. The molecule has 0 aliphatic heterocycles. The zero-order valence-electron chi connectivity index (χ0n) is 26.0. The Morgan fingerprint density at radius 2 is 0.787 bits per heavy atom. The molecule has 8 rings (SSSR count). The molecule has 0 heterocycles. The van der Waals surface area contributed by atoms with Gasteiger partial charge in [0.05, 0.1) is 30.9 Å². The minimum absolute atomic E-state index is 0.373. The summed E-state index contributed by atoms with van der Waals surface area (Å²) in [5.74, 6) is 0.968. The summed E-state index contributed by atoms with van der Waals surface area (Å²) in [7, 11) is 3.28. The third-order valence-corrected chi connectivity index (χ3v) is 8.90. The van der Waals surface area contributed by atoms with E-state index in [1.54, 1.807) is 26.4 Å². The first kappa shape index (κ1) is 28.4. The molecule has 4 heteroatoms. The summed E-state index contributed by atoms with van der Waals surface area (Å²) >= 11 is 0. The number of carbonyl (C=O) groups excluding carboxylic acids is 1. The SMILES string of the molecule is COc1cc(OC)c(-c2c3ccccc3cc3ccccc23)c(OC(=O)c2ccccc2)c1-c1c2ccccc2cc2ccccc12. The summed E-state index contributed by atoms with van der Waals surface area (Å²) in [5.41, 5.74) is 3.63. The highest BCUT2D eigenvalue weighted by molar-refractivity contribution is 6.19. The highest BCUT2D eigenvalue weighted by atomic mass is 16.5. The molecule has 0 aromatic heterocycles. The summed E-state index contributed by atoms with van der Waals surface area (Å²) in [6, 6.07) is 48.5. The van der Waals surface area contributed by atoms with Gasteiger partial charge in [0.2, 0.25) is 0 Å². The van der Waals surface area contributed by atoms with Crippen molar-refractivity contribution in [1.82, 2.24) is 0 Å². The van der Waals surface area contributed by atoms with Crippen molar-refractivity contribution in [3.05, 3.63) is 151 Å². The smallest absolute Gasteiger partial charge is 0.343 e. The second-order valence-corrected chi connectivity index (χ2v) is 11.5. The summed E-state index contributed by atoms with van der Waals surface area (Å²) in [4.78, 5) is 14.1. The van der Waals surface area contributed by atoms with Crippen LogP contribution in [0.4, 0.5) is 0 Å². The standard InChI is InChI=1S/C43H30O4/c1-45-36-26-37(46-2)41(39-34-22-12-8-18-30(34)25-31-19-9-13-23-35(31)39)42(47-43(44)27-14-4-3-5-15-27)40(36)38-32-20-10-6-16-28(32)24-29-17-7-11-21-33(29)38/h3-26H,1-2H3. The Bertz CT molecular complexity index is 2230. The number of methoxy groups -OCH3 is 2. The number of benzene rings is 8. The maximum Gasteiger partial charge on any atom is 0.343 e. The molecule has 0 unspecified atom stereocenters. The highest BCUT2D eigenvalue weighted by Crippen LogP contribution is 2.55. The number of hydrogen-bond donors (Lipinski definition) is 0. The number of esters is 1. The molecule has 47 heavy (non-hydrogen) atoms. The minimum atomic E-state index is -0.475. The van der Waals surface area contributed by atoms with E-state index in [0.29, 0.717) is 33.9 Å². The monoisotopic (exact) mass is 610 g/mol. The molecule has 4 nitrogen and oxygen atoms in total. The van der Waals surface area contributed by atoms with Crippen LogP contribution in [0.1, 0.15) is 10.4 Å². The van der Waals surface area contributed by atoms with Crippen molar-refractivity contribution in [1.29, 1.82) is 0 Å². The normalized spacial score (nSPS) is 11.3. The fraction of sp³-hybridized carbons (Fsp3) is 0.0465. The van der Waals surface area contributed by atoms with Crippen LogP contribution >= 0.6 is 0 Å². The van der Waals surface area contributed by atoms with Gasteiger partial charge in [0, 0.05) is 17.2 Å². The van der Waals surface area contributed by atoms with Crippen LogP contribution in [0.3, 0.4) is 0 Å². The summed E-state index contributed by atoms with van der Waals surface area (Å²) < 4.78 is 19.0. The second kappa shape index (κ2) is 11.7. The van der Waals surface area contributed by atoms with E-state index >= 15 is 0 Å². The van der Waals surface area contributed by atoms with E-state index in [0.717, 1.165) is 54.2 Å². The van der Waals surface area contributed by atoms with Gasteiger partial charge < -0.3 is 14.2 Å². The Labute approximate surface area is 272 Å². The van der Waals surface area contributed by atoms with Crippen LogP contribution < -0.4 is 14.2 Å². The molecule has 0 spiro atoms. The molecule has 226 valence electrons. The Morgan fingerprint density at radius 1 is 0.426 bits per heavy atom. The summed E-state index contributed by atoms with van der Waals surface area (Å²) in [6.07, 6.45) is 0. The van der Waals surface area contributed by atoms with Gasteiger partial charge in [-0.2, -0.15) is 0 Å². The Morgan fingerprint density at radius 3 is 1.17 bits per heavy atom. The van der Waals surface area contributed by atoms with Crippen molar-refractivity contribution in [2.75, 3.05) is 14.2 Å². The van der Waals surface area contributed by atoms with E-state index in [1.807, 2.05) is 72.8 Å². The number of fused-ring (bicyclic) bond motifs is 4. The predicted octanol–water partition coefficient (Wildman–Crippen LogP) is 10.9. The van der Waals surface area contributed by atoms with Gasteiger partial charge in [-0.25, -0.2) is 4.79 Å². The first-order valence-corrected chi connectivity index (χ1v) is 15.5. The molecule has 0 aliphatic rings. The molecular weight excluding hydrogens is 580 g/mol. The molecule has 0 aliphatic carbocycles. The van der Waals surface area contributed by atoms with Crippen molar-refractivity contribution in [3.63, 3.8) is 0 Å². The van der Waals surface area contributed by atoms with Crippen molar-refractivity contribution in [3.8, 4) is 39.5 Å². The molecule has 0 amide bonds. The van der Waals surface area contributed by atoms with E-state index in [2.05, 4.69) is 60.7 Å². The van der Waals surface area contributed by atoms with Gasteiger partial charge >= 0.3 is 5.97 Å². The van der Waals surface area contributed by atoms with Crippen LogP contribution in [0.2, 0.25) is 0 Å². The number of hydrogen-bond acceptors (Lipinski definition) is 4. The van der Waals surface area contributed by atoms with Gasteiger partial charge in [-0.15, -0.1) is 0 Å². The van der Waals surface area contributed by atoms with Gasteiger partial charge in [0.25, 0.3) is 0 Å². The summed E-state index contributed by atoms with van der Waals surface area (Å²) in [6.45, 7) is 0. The average Bonchev–Trinajstić information content (AvgIpc) is 3.13. The average molecular weight is 611 g/mol. The quantitative estimate of drug-likeness (QED) is 0.107. The Kier molecular flexibility index (Phi) is 7.03. The summed E-state index contributed by atoms with van der Waals surface area (Å²) in [5, 5.41) is 8.32. The van der Waals surface area contributed by atoms with E-state index in [9.17, 15) is 4.79 Å². The molecule has 0 radical (unpaired) electrons. The largest absolute Gasteiger partial charge is 0.496 e. The zero-order chi connectivity index (χ0) is 31.9. The van der Waals surface area contributed by atoms with Crippen molar-refractivity contribution in [2.24, 2.45) is 0 Å². The van der Waals surface area contributed by atoms with Crippen molar-refractivity contribution in [2.45, 2.75) is 0 Å². The van der Waals surface area contributed by atoms with Crippen LogP contribution in [0.5, 0.6) is 17.2 Å².